The topological polar surface area (TPSA) is 41.1 Å². The van der Waals surface area contributed by atoms with Crippen LogP contribution in [0.2, 0.25) is 0 Å². The van der Waals surface area contributed by atoms with Crippen molar-refractivity contribution in [3.63, 3.8) is 0 Å². The quantitative estimate of drug-likeness (QED) is 0.808. The summed E-state index contributed by atoms with van der Waals surface area (Å²) in [6.45, 7) is 3.71. The van der Waals surface area contributed by atoms with Crippen LogP contribution in [0.25, 0.3) is 0 Å². The highest BCUT2D eigenvalue weighted by Gasteiger charge is 2.08. The van der Waals surface area contributed by atoms with Gasteiger partial charge in [0.1, 0.15) is 5.82 Å². The molecule has 3 nitrogen and oxygen atoms in total. The molecular formula is C15H14BrFN2O. The Morgan fingerprint density at radius 2 is 1.75 bits per heavy atom. The summed E-state index contributed by atoms with van der Waals surface area (Å²) in [7, 11) is 0. The first-order valence-electron chi connectivity index (χ1n) is 6.06. The number of carbonyl (C=O) groups excluding carboxylic acids is 1. The molecule has 5 heteroatoms. The smallest absolute Gasteiger partial charge is 0.308 e. The lowest BCUT2D eigenvalue weighted by molar-refractivity contribution is 0.262. The number of hydrogen-bond acceptors (Lipinski definition) is 1. The molecular weight excluding hydrogens is 323 g/mol. The van der Waals surface area contributed by atoms with E-state index in [0.29, 0.717) is 21.4 Å². The molecule has 2 rings (SSSR count). The highest BCUT2D eigenvalue weighted by atomic mass is 79.9. The minimum atomic E-state index is -0.365. The van der Waals surface area contributed by atoms with Crippen LogP contribution in [0.15, 0.2) is 40.9 Å². The first-order chi connectivity index (χ1) is 9.45. The Bertz CT molecular complexity index is 641. The van der Waals surface area contributed by atoms with Gasteiger partial charge in [-0.05, 0) is 59.6 Å². The molecule has 0 bridgehead atoms. The van der Waals surface area contributed by atoms with Crippen molar-refractivity contribution in [1.82, 2.24) is 0 Å². The molecule has 0 aromatic heterocycles. The van der Waals surface area contributed by atoms with Gasteiger partial charge in [-0.25, -0.2) is 9.18 Å². The summed E-state index contributed by atoms with van der Waals surface area (Å²) < 4.78 is 13.6. The maximum Gasteiger partial charge on any atom is 0.323 e. The number of amides is 2. The summed E-state index contributed by atoms with van der Waals surface area (Å²) in [5.74, 6) is -0.355. The lowest BCUT2D eigenvalue weighted by Gasteiger charge is -2.11. The Morgan fingerprint density at radius 1 is 1.10 bits per heavy atom. The molecule has 2 N–H and O–H groups in total. The summed E-state index contributed by atoms with van der Waals surface area (Å²) in [4.78, 5) is 11.9. The Kier molecular flexibility index (Phi) is 4.39. The van der Waals surface area contributed by atoms with Gasteiger partial charge in [0, 0.05) is 11.4 Å². The van der Waals surface area contributed by atoms with Crippen molar-refractivity contribution in [2.75, 3.05) is 10.6 Å². The lowest BCUT2D eigenvalue weighted by Crippen LogP contribution is -2.20. The van der Waals surface area contributed by atoms with Crippen molar-refractivity contribution in [3.05, 3.63) is 57.8 Å². The highest BCUT2D eigenvalue weighted by molar-refractivity contribution is 9.10. The van der Waals surface area contributed by atoms with E-state index in [2.05, 4.69) is 26.6 Å². The Balaban J connectivity index is 2.08. The first kappa shape index (κ1) is 14.5. The Hall–Kier alpha value is -1.88. The van der Waals surface area contributed by atoms with E-state index in [-0.39, 0.29) is 11.8 Å². The normalized spacial score (nSPS) is 10.2. The van der Waals surface area contributed by atoms with Crippen LogP contribution in [-0.2, 0) is 0 Å². The predicted molar refractivity (Wildman–Crippen MR) is 82.7 cm³/mol. The van der Waals surface area contributed by atoms with Crippen LogP contribution in [0.5, 0.6) is 0 Å². The summed E-state index contributed by atoms with van der Waals surface area (Å²) in [6.07, 6.45) is 0. The molecule has 0 unspecified atom stereocenters. The number of urea groups is 1. The molecule has 104 valence electrons. The number of halogens is 2. The van der Waals surface area contributed by atoms with E-state index >= 15 is 0 Å². The van der Waals surface area contributed by atoms with E-state index in [9.17, 15) is 9.18 Å². The van der Waals surface area contributed by atoms with Crippen LogP contribution < -0.4 is 10.6 Å². The molecule has 0 fully saturated rings. The fourth-order valence-electron chi connectivity index (χ4n) is 1.70. The van der Waals surface area contributed by atoms with Gasteiger partial charge in [0.05, 0.1) is 4.47 Å². The fraction of sp³-hybridized carbons (Fsp3) is 0.133. The van der Waals surface area contributed by atoms with E-state index < -0.39 is 0 Å². The average molecular weight is 337 g/mol. The number of nitrogens with one attached hydrogen (secondary N) is 2. The molecule has 0 atom stereocenters. The SMILES string of the molecule is Cc1ccc(NC(=O)Nc2cc(Br)c(F)cc2C)cc1. The lowest BCUT2D eigenvalue weighted by atomic mass is 10.2. The number of carbonyl (C=O) groups is 1. The second kappa shape index (κ2) is 6.05. The molecule has 0 aliphatic carbocycles. The van der Waals surface area contributed by atoms with Crippen LogP contribution in [-0.4, -0.2) is 6.03 Å². The number of rotatable bonds is 2. The van der Waals surface area contributed by atoms with Gasteiger partial charge in [-0.15, -0.1) is 0 Å². The first-order valence-corrected chi connectivity index (χ1v) is 6.85. The van der Waals surface area contributed by atoms with Gasteiger partial charge < -0.3 is 10.6 Å². The molecule has 0 saturated heterocycles. The molecule has 0 saturated carbocycles. The highest BCUT2D eigenvalue weighted by Crippen LogP contribution is 2.24. The van der Waals surface area contributed by atoms with Gasteiger partial charge in [0.2, 0.25) is 0 Å². The standard InChI is InChI=1S/C15H14BrFN2O/c1-9-3-5-11(6-4-9)18-15(20)19-14-8-12(16)13(17)7-10(14)2/h3-8H,1-2H3,(H2,18,19,20). The zero-order valence-electron chi connectivity index (χ0n) is 11.1. The fourth-order valence-corrected chi connectivity index (χ4v) is 2.05. The van der Waals surface area contributed by atoms with E-state index in [1.165, 1.54) is 6.07 Å². The van der Waals surface area contributed by atoms with Crippen molar-refractivity contribution >= 4 is 33.3 Å². The second-order valence-corrected chi connectivity index (χ2v) is 5.38. The largest absolute Gasteiger partial charge is 0.323 e. The zero-order chi connectivity index (χ0) is 14.7. The van der Waals surface area contributed by atoms with Crippen LogP contribution in [0.4, 0.5) is 20.6 Å². The third kappa shape index (κ3) is 3.57. The van der Waals surface area contributed by atoms with Crippen LogP contribution in [0.3, 0.4) is 0 Å². The predicted octanol–water partition coefficient (Wildman–Crippen LogP) is 4.85. The van der Waals surface area contributed by atoms with Crippen molar-refractivity contribution in [3.8, 4) is 0 Å². The maximum absolute atomic E-state index is 13.3. The van der Waals surface area contributed by atoms with Gasteiger partial charge in [-0.1, -0.05) is 17.7 Å². The molecule has 0 radical (unpaired) electrons. The molecule has 0 aliphatic rings. The van der Waals surface area contributed by atoms with E-state index in [1.54, 1.807) is 13.0 Å². The van der Waals surface area contributed by atoms with Gasteiger partial charge >= 0.3 is 6.03 Å². The summed E-state index contributed by atoms with van der Waals surface area (Å²) in [6, 6.07) is 10.0. The third-order valence-corrected chi connectivity index (χ3v) is 3.43. The van der Waals surface area contributed by atoms with E-state index in [1.807, 2.05) is 31.2 Å². The molecule has 0 aliphatic heterocycles. The molecule has 2 aromatic carbocycles. The summed E-state index contributed by atoms with van der Waals surface area (Å²) >= 11 is 3.10. The van der Waals surface area contributed by atoms with E-state index in [4.69, 9.17) is 0 Å². The average Bonchev–Trinajstić information content (AvgIpc) is 2.39. The van der Waals surface area contributed by atoms with Gasteiger partial charge in [-0.3, -0.25) is 0 Å². The number of hydrogen-bond donors (Lipinski definition) is 2. The van der Waals surface area contributed by atoms with Gasteiger partial charge in [-0.2, -0.15) is 0 Å². The third-order valence-electron chi connectivity index (χ3n) is 2.82. The van der Waals surface area contributed by atoms with Gasteiger partial charge in [0.25, 0.3) is 0 Å². The van der Waals surface area contributed by atoms with Crippen LogP contribution >= 0.6 is 15.9 Å². The maximum atomic E-state index is 13.3. The molecule has 0 heterocycles. The van der Waals surface area contributed by atoms with Crippen LogP contribution in [0, 0.1) is 19.7 Å². The number of aryl methyl sites for hydroxylation is 2. The van der Waals surface area contributed by atoms with Crippen molar-refractivity contribution < 1.29 is 9.18 Å². The van der Waals surface area contributed by atoms with Crippen LogP contribution in [0.1, 0.15) is 11.1 Å². The minimum Gasteiger partial charge on any atom is -0.308 e. The molecule has 2 amide bonds. The molecule has 20 heavy (non-hydrogen) atoms. The molecule has 0 spiro atoms. The number of anilines is 2. The zero-order valence-corrected chi connectivity index (χ0v) is 12.7. The van der Waals surface area contributed by atoms with Crippen molar-refractivity contribution in [2.24, 2.45) is 0 Å². The Labute approximate surface area is 125 Å². The summed E-state index contributed by atoms with van der Waals surface area (Å²) in [5.41, 5.74) is 3.04. The second-order valence-electron chi connectivity index (χ2n) is 4.53. The Morgan fingerprint density at radius 3 is 2.40 bits per heavy atom. The van der Waals surface area contributed by atoms with Gasteiger partial charge in [0.15, 0.2) is 0 Å². The van der Waals surface area contributed by atoms with E-state index in [0.717, 1.165) is 5.56 Å². The molecule has 2 aromatic rings. The monoisotopic (exact) mass is 336 g/mol. The number of benzene rings is 2. The van der Waals surface area contributed by atoms with Crippen molar-refractivity contribution in [2.45, 2.75) is 13.8 Å². The summed E-state index contributed by atoms with van der Waals surface area (Å²) in [5, 5.41) is 5.41. The van der Waals surface area contributed by atoms with Crippen molar-refractivity contribution in [1.29, 1.82) is 0 Å². The minimum absolute atomic E-state index is 0.314.